The van der Waals surface area contributed by atoms with Crippen LogP contribution in [-0.4, -0.2) is 11.1 Å². The zero-order valence-corrected chi connectivity index (χ0v) is 11.0. The molecule has 0 unspecified atom stereocenters. The molecule has 3 N–H and O–H groups in total. The van der Waals surface area contributed by atoms with Crippen LogP contribution in [0.15, 0.2) is 28.8 Å². The molecule has 0 bridgehead atoms. The molecule has 0 aliphatic carbocycles. The highest BCUT2D eigenvalue weighted by Crippen LogP contribution is 2.33. The first-order valence-corrected chi connectivity index (χ1v) is 5.94. The predicted octanol–water partition coefficient (Wildman–Crippen LogP) is 2.51. The van der Waals surface area contributed by atoms with E-state index >= 15 is 0 Å². The van der Waals surface area contributed by atoms with E-state index in [-0.39, 0.29) is 12.1 Å². The van der Waals surface area contributed by atoms with E-state index in [4.69, 9.17) is 10.3 Å². The quantitative estimate of drug-likeness (QED) is 0.853. The number of halogens is 3. The van der Waals surface area contributed by atoms with Gasteiger partial charge in [0, 0.05) is 17.3 Å². The minimum absolute atomic E-state index is 0.0574. The third kappa shape index (κ3) is 3.53. The summed E-state index contributed by atoms with van der Waals surface area (Å²) in [7, 11) is 0. The number of nitrogens with zero attached hydrogens (tertiary/aromatic N) is 1. The summed E-state index contributed by atoms with van der Waals surface area (Å²) in [6, 6.07) is 4.62. The Kier molecular flexibility index (Phi) is 3.88. The highest BCUT2D eigenvalue weighted by molar-refractivity contribution is 5.94. The number of anilines is 1. The number of rotatable bonds is 3. The van der Waals surface area contributed by atoms with Crippen LogP contribution >= 0.6 is 0 Å². The molecule has 0 saturated heterocycles. The molecule has 0 aliphatic heterocycles. The number of nitrogens with one attached hydrogen (secondary N) is 1. The molecule has 1 aromatic carbocycles. The van der Waals surface area contributed by atoms with Gasteiger partial charge in [0.25, 0.3) is 5.91 Å². The van der Waals surface area contributed by atoms with E-state index in [9.17, 15) is 18.0 Å². The van der Waals surface area contributed by atoms with Crippen LogP contribution in [0, 0.1) is 6.92 Å². The minimum atomic E-state index is -4.61. The monoisotopic (exact) mass is 299 g/mol. The van der Waals surface area contributed by atoms with Crippen LogP contribution in [0.5, 0.6) is 0 Å². The molecule has 5 nitrogen and oxygen atoms in total. The number of hydrogen-bond donors (Lipinski definition) is 2. The van der Waals surface area contributed by atoms with Gasteiger partial charge in [0.2, 0.25) is 0 Å². The lowest BCUT2D eigenvalue weighted by Gasteiger charge is -2.11. The van der Waals surface area contributed by atoms with Gasteiger partial charge >= 0.3 is 6.18 Å². The van der Waals surface area contributed by atoms with E-state index < -0.39 is 23.3 Å². The summed E-state index contributed by atoms with van der Waals surface area (Å²) in [4.78, 5) is 11.8. The number of benzene rings is 1. The van der Waals surface area contributed by atoms with E-state index in [1.54, 1.807) is 13.0 Å². The number of amides is 1. The van der Waals surface area contributed by atoms with Crippen molar-refractivity contribution >= 4 is 11.6 Å². The first kappa shape index (κ1) is 14.9. The number of nitrogen functional groups attached to an aromatic ring is 1. The average Bonchev–Trinajstić information content (AvgIpc) is 2.81. The van der Waals surface area contributed by atoms with Crippen molar-refractivity contribution in [2.75, 3.05) is 5.73 Å². The molecule has 0 saturated carbocycles. The zero-order chi connectivity index (χ0) is 15.6. The molecular formula is C13H12F3N3O2. The predicted molar refractivity (Wildman–Crippen MR) is 68.3 cm³/mol. The summed E-state index contributed by atoms with van der Waals surface area (Å²) in [5, 5.41) is 6.12. The molecular weight excluding hydrogens is 287 g/mol. The van der Waals surface area contributed by atoms with Crippen molar-refractivity contribution in [2.24, 2.45) is 0 Å². The summed E-state index contributed by atoms with van der Waals surface area (Å²) < 4.78 is 43.0. The number of carbonyl (C=O) groups is 1. The van der Waals surface area contributed by atoms with Crippen LogP contribution in [0.2, 0.25) is 0 Å². The van der Waals surface area contributed by atoms with E-state index in [0.29, 0.717) is 11.5 Å². The van der Waals surface area contributed by atoms with Gasteiger partial charge in [0.1, 0.15) is 11.5 Å². The summed E-state index contributed by atoms with van der Waals surface area (Å²) >= 11 is 0. The maximum absolute atomic E-state index is 12.7. The van der Waals surface area contributed by atoms with Crippen molar-refractivity contribution in [1.82, 2.24) is 10.5 Å². The number of nitrogens with two attached hydrogens (primary N) is 1. The van der Waals surface area contributed by atoms with Gasteiger partial charge in [-0.25, -0.2) is 0 Å². The van der Waals surface area contributed by atoms with Crippen LogP contribution in [0.25, 0.3) is 0 Å². The van der Waals surface area contributed by atoms with E-state index in [0.717, 1.165) is 12.1 Å². The maximum Gasteiger partial charge on any atom is 0.418 e. The number of hydrogen-bond acceptors (Lipinski definition) is 4. The van der Waals surface area contributed by atoms with Gasteiger partial charge in [-0.2, -0.15) is 13.2 Å². The molecule has 1 amide bonds. The van der Waals surface area contributed by atoms with Gasteiger partial charge in [0.15, 0.2) is 0 Å². The number of carbonyl (C=O) groups excluding carboxylic acids is 1. The smallest absolute Gasteiger partial charge is 0.398 e. The Labute approximate surface area is 117 Å². The molecule has 1 heterocycles. The largest absolute Gasteiger partial charge is 0.418 e. The fraction of sp³-hybridized carbons (Fsp3) is 0.231. The van der Waals surface area contributed by atoms with Crippen LogP contribution in [0.4, 0.5) is 18.9 Å². The Morgan fingerprint density at radius 2 is 2.10 bits per heavy atom. The number of aryl methyl sites for hydroxylation is 1. The first-order chi connectivity index (χ1) is 9.77. The normalized spacial score (nSPS) is 11.4. The van der Waals surface area contributed by atoms with Crippen molar-refractivity contribution < 1.29 is 22.5 Å². The minimum Gasteiger partial charge on any atom is -0.398 e. The highest BCUT2D eigenvalue weighted by Gasteiger charge is 2.33. The second-order valence-corrected chi connectivity index (χ2v) is 4.41. The molecule has 8 heteroatoms. The molecule has 0 radical (unpaired) electrons. The second kappa shape index (κ2) is 5.47. The fourth-order valence-electron chi connectivity index (χ4n) is 1.72. The van der Waals surface area contributed by atoms with Crippen molar-refractivity contribution in [3.05, 3.63) is 46.8 Å². The first-order valence-electron chi connectivity index (χ1n) is 5.94. The second-order valence-electron chi connectivity index (χ2n) is 4.41. The molecule has 2 aromatic rings. The van der Waals surface area contributed by atoms with Crippen molar-refractivity contribution in [2.45, 2.75) is 19.6 Å². The topological polar surface area (TPSA) is 81.2 Å². The van der Waals surface area contributed by atoms with E-state index in [1.165, 1.54) is 6.07 Å². The molecule has 0 spiro atoms. The lowest BCUT2D eigenvalue weighted by atomic mass is 10.1. The SMILES string of the molecule is Cc1cc(CNC(=O)c2ccc(N)c(C(F)(F)F)c2)no1. The van der Waals surface area contributed by atoms with Gasteiger partial charge in [-0.1, -0.05) is 5.16 Å². The zero-order valence-electron chi connectivity index (χ0n) is 11.0. The summed E-state index contributed by atoms with van der Waals surface area (Å²) in [6.45, 7) is 1.75. The Bertz CT molecular complexity index is 665. The Morgan fingerprint density at radius 3 is 2.67 bits per heavy atom. The van der Waals surface area contributed by atoms with Crippen molar-refractivity contribution in [1.29, 1.82) is 0 Å². The van der Waals surface area contributed by atoms with Crippen LogP contribution in [0.3, 0.4) is 0 Å². The molecule has 2 rings (SSSR count). The molecule has 0 atom stereocenters. The van der Waals surface area contributed by atoms with Crippen LogP contribution in [0.1, 0.15) is 27.4 Å². The third-order valence-electron chi connectivity index (χ3n) is 2.73. The van der Waals surface area contributed by atoms with Crippen LogP contribution < -0.4 is 11.1 Å². The molecule has 1 aromatic heterocycles. The molecule has 0 fully saturated rings. The van der Waals surface area contributed by atoms with Crippen molar-refractivity contribution in [3.8, 4) is 0 Å². The average molecular weight is 299 g/mol. The summed E-state index contributed by atoms with van der Waals surface area (Å²) in [5.41, 5.74) is 4.16. The lowest BCUT2D eigenvalue weighted by molar-refractivity contribution is -0.136. The highest BCUT2D eigenvalue weighted by atomic mass is 19.4. The molecule has 21 heavy (non-hydrogen) atoms. The Hall–Kier alpha value is -2.51. The lowest BCUT2D eigenvalue weighted by Crippen LogP contribution is -2.23. The van der Waals surface area contributed by atoms with Gasteiger partial charge in [0.05, 0.1) is 12.1 Å². The van der Waals surface area contributed by atoms with Crippen LogP contribution in [-0.2, 0) is 12.7 Å². The van der Waals surface area contributed by atoms with Gasteiger partial charge < -0.3 is 15.6 Å². The standard InChI is InChI=1S/C13H12F3N3O2/c1-7-4-9(19-21-7)6-18-12(20)8-2-3-11(17)10(5-8)13(14,15)16/h2-5H,6,17H2,1H3,(H,18,20). The Balaban J connectivity index is 2.12. The maximum atomic E-state index is 12.7. The summed E-state index contributed by atoms with van der Waals surface area (Å²) in [6.07, 6.45) is -4.61. The third-order valence-corrected chi connectivity index (χ3v) is 2.73. The number of aromatic nitrogens is 1. The summed E-state index contributed by atoms with van der Waals surface area (Å²) in [5.74, 6) is -0.0766. The van der Waals surface area contributed by atoms with Gasteiger partial charge in [-0.3, -0.25) is 4.79 Å². The Morgan fingerprint density at radius 1 is 1.38 bits per heavy atom. The fourth-order valence-corrected chi connectivity index (χ4v) is 1.72. The van der Waals surface area contributed by atoms with E-state index in [2.05, 4.69) is 10.5 Å². The molecule has 112 valence electrons. The number of alkyl halides is 3. The van der Waals surface area contributed by atoms with Gasteiger partial charge in [-0.05, 0) is 25.1 Å². The molecule has 0 aliphatic rings. The van der Waals surface area contributed by atoms with Gasteiger partial charge in [-0.15, -0.1) is 0 Å². The van der Waals surface area contributed by atoms with E-state index in [1.807, 2.05) is 0 Å². The van der Waals surface area contributed by atoms with Crippen molar-refractivity contribution in [3.63, 3.8) is 0 Å².